The van der Waals surface area contributed by atoms with Crippen molar-refractivity contribution in [3.05, 3.63) is 65.2 Å². The van der Waals surface area contributed by atoms with Gasteiger partial charge in [-0.2, -0.15) is 10.4 Å². The van der Waals surface area contributed by atoms with Crippen molar-refractivity contribution in [1.29, 1.82) is 5.26 Å². The Bertz CT molecular complexity index is 879. The maximum Gasteiger partial charge on any atom is 0.181 e. The van der Waals surface area contributed by atoms with Gasteiger partial charge >= 0.3 is 0 Å². The number of nitrogens with one attached hydrogen (secondary N) is 2. The average Bonchev–Trinajstić information content (AvgIpc) is 3.00. The van der Waals surface area contributed by atoms with Crippen LogP contribution in [0.25, 0.3) is 11.4 Å². The van der Waals surface area contributed by atoms with Crippen LogP contribution < -0.4 is 5.32 Å². The molecule has 0 saturated heterocycles. The van der Waals surface area contributed by atoms with E-state index in [4.69, 9.17) is 5.26 Å². The Hall–Kier alpha value is -3.20. The fraction of sp³-hybridized carbons (Fsp3) is 0.118. The molecule has 1 aromatic heterocycles. The Kier molecular flexibility index (Phi) is 4.02. The summed E-state index contributed by atoms with van der Waals surface area (Å²) in [6, 6.07) is 13.9. The van der Waals surface area contributed by atoms with Gasteiger partial charge < -0.3 is 5.32 Å². The quantitative estimate of drug-likeness (QED) is 0.774. The lowest BCUT2D eigenvalue weighted by atomic mass is 10.1. The van der Waals surface area contributed by atoms with E-state index in [9.17, 15) is 4.39 Å². The standard InChI is InChI=1S/C17H14FN5/c1-11-21-17(23-22-11)13-4-2-3-12(7-13)10-20-16-6-5-15(18)8-14(16)9-19/h2-8,20H,10H2,1H3,(H,21,22,23). The molecule has 0 atom stereocenters. The normalized spacial score (nSPS) is 10.3. The molecular formula is C17H14FN5. The van der Waals surface area contributed by atoms with Crippen molar-refractivity contribution in [2.24, 2.45) is 0 Å². The summed E-state index contributed by atoms with van der Waals surface area (Å²) >= 11 is 0. The number of benzene rings is 2. The van der Waals surface area contributed by atoms with E-state index in [1.807, 2.05) is 37.3 Å². The van der Waals surface area contributed by atoms with Crippen molar-refractivity contribution in [1.82, 2.24) is 15.2 Å². The van der Waals surface area contributed by atoms with E-state index in [0.29, 0.717) is 18.1 Å². The number of nitrogens with zero attached hydrogens (tertiary/aromatic N) is 3. The zero-order valence-electron chi connectivity index (χ0n) is 12.5. The lowest BCUT2D eigenvalue weighted by Crippen LogP contribution is -2.02. The zero-order valence-corrected chi connectivity index (χ0v) is 12.5. The Morgan fingerprint density at radius 2 is 2.13 bits per heavy atom. The molecule has 3 rings (SSSR count). The first kappa shape index (κ1) is 14.7. The maximum absolute atomic E-state index is 13.1. The van der Waals surface area contributed by atoms with Gasteiger partial charge in [-0.1, -0.05) is 18.2 Å². The van der Waals surface area contributed by atoms with Crippen molar-refractivity contribution in [3.63, 3.8) is 0 Å². The van der Waals surface area contributed by atoms with E-state index < -0.39 is 5.82 Å². The number of aryl methyl sites for hydroxylation is 1. The fourth-order valence-corrected chi connectivity index (χ4v) is 2.25. The summed E-state index contributed by atoms with van der Waals surface area (Å²) in [5.74, 6) is 0.978. The zero-order chi connectivity index (χ0) is 16.2. The van der Waals surface area contributed by atoms with Crippen molar-refractivity contribution in [2.45, 2.75) is 13.5 Å². The van der Waals surface area contributed by atoms with Crippen LogP contribution in [0.1, 0.15) is 17.0 Å². The van der Waals surface area contributed by atoms with Gasteiger partial charge in [0.15, 0.2) is 5.82 Å². The Morgan fingerprint density at radius 3 is 2.87 bits per heavy atom. The van der Waals surface area contributed by atoms with Gasteiger partial charge in [0.1, 0.15) is 17.7 Å². The fourth-order valence-electron chi connectivity index (χ4n) is 2.25. The van der Waals surface area contributed by atoms with Crippen LogP contribution in [0.4, 0.5) is 10.1 Å². The van der Waals surface area contributed by atoms with E-state index in [1.54, 1.807) is 6.07 Å². The molecule has 0 spiro atoms. The van der Waals surface area contributed by atoms with Crippen LogP contribution in [0.15, 0.2) is 42.5 Å². The van der Waals surface area contributed by atoms with E-state index in [2.05, 4.69) is 20.5 Å². The second-order valence-electron chi connectivity index (χ2n) is 5.10. The van der Waals surface area contributed by atoms with Gasteiger partial charge in [0.05, 0.1) is 11.3 Å². The minimum Gasteiger partial charge on any atom is -0.380 e. The van der Waals surface area contributed by atoms with Crippen LogP contribution in [0, 0.1) is 24.1 Å². The molecule has 23 heavy (non-hydrogen) atoms. The third-order valence-corrected chi connectivity index (χ3v) is 3.37. The Labute approximate surface area is 132 Å². The third-order valence-electron chi connectivity index (χ3n) is 3.37. The van der Waals surface area contributed by atoms with Crippen LogP contribution in [-0.2, 0) is 6.54 Å². The van der Waals surface area contributed by atoms with E-state index in [0.717, 1.165) is 17.0 Å². The van der Waals surface area contributed by atoms with Gasteiger partial charge in [0.2, 0.25) is 0 Å². The van der Waals surface area contributed by atoms with Gasteiger partial charge in [-0.15, -0.1) is 0 Å². The molecule has 0 saturated carbocycles. The number of hydrogen-bond acceptors (Lipinski definition) is 4. The summed E-state index contributed by atoms with van der Waals surface area (Å²) in [6.45, 7) is 2.36. The molecule has 0 aliphatic heterocycles. The first-order valence-electron chi connectivity index (χ1n) is 7.07. The summed E-state index contributed by atoms with van der Waals surface area (Å²) < 4.78 is 13.1. The summed E-state index contributed by atoms with van der Waals surface area (Å²) in [7, 11) is 0. The smallest absolute Gasteiger partial charge is 0.181 e. The summed E-state index contributed by atoms with van der Waals surface area (Å²) in [4.78, 5) is 4.31. The third kappa shape index (κ3) is 3.35. The molecule has 0 unspecified atom stereocenters. The molecule has 0 amide bonds. The average molecular weight is 307 g/mol. The minimum atomic E-state index is -0.422. The lowest BCUT2D eigenvalue weighted by molar-refractivity contribution is 0.627. The van der Waals surface area contributed by atoms with Gasteiger partial charge in [0, 0.05) is 12.1 Å². The number of hydrogen-bond donors (Lipinski definition) is 2. The van der Waals surface area contributed by atoms with Crippen LogP contribution in [-0.4, -0.2) is 15.2 Å². The number of aromatic nitrogens is 3. The van der Waals surface area contributed by atoms with Crippen LogP contribution in [0.2, 0.25) is 0 Å². The highest BCUT2D eigenvalue weighted by molar-refractivity contribution is 5.59. The van der Waals surface area contributed by atoms with Crippen LogP contribution >= 0.6 is 0 Å². The van der Waals surface area contributed by atoms with Gasteiger partial charge in [-0.3, -0.25) is 5.10 Å². The summed E-state index contributed by atoms with van der Waals surface area (Å²) in [6.07, 6.45) is 0. The SMILES string of the molecule is Cc1nc(-c2cccc(CNc3ccc(F)cc3C#N)c2)n[nH]1. The number of rotatable bonds is 4. The first-order valence-corrected chi connectivity index (χ1v) is 7.07. The molecule has 0 radical (unpaired) electrons. The van der Waals surface area contributed by atoms with Crippen molar-refractivity contribution >= 4 is 5.69 Å². The van der Waals surface area contributed by atoms with Crippen molar-refractivity contribution in [3.8, 4) is 17.5 Å². The number of H-pyrrole nitrogens is 1. The molecule has 114 valence electrons. The number of nitriles is 1. The second-order valence-corrected chi connectivity index (χ2v) is 5.10. The molecule has 2 N–H and O–H groups in total. The highest BCUT2D eigenvalue weighted by atomic mass is 19.1. The molecule has 6 heteroatoms. The second kappa shape index (κ2) is 6.28. The van der Waals surface area contributed by atoms with Crippen LogP contribution in [0.3, 0.4) is 0 Å². The lowest BCUT2D eigenvalue weighted by Gasteiger charge is -2.09. The topological polar surface area (TPSA) is 77.4 Å². The molecule has 0 bridgehead atoms. The number of halogens is 1. The van der Waals surface area contributed by atoms with Crippen molar-refractivity contribution < 1.29 is 4.39 Å². The van der Waals surface area contributed by atoms with Gasteiger partial charge in [0.25, 0.3) is 0 Å². The van der Waals surface area contributed by atoms with Crippen molar-refractivity contribution in [2.75, 3.05) is 5.32 Å². The molecule has 0 aliphatic rings. The summed E-state index contributed by atoms with van der Waals surface area (Å²) in [5.41, 5.74) is 2.81. The molecule has 1 heterocycles. The molecular weight excluding hydrogens is 293 g/mol. The van der Waals surface area contributed by atoms with Crippen LogP contribution in [0.5, 0.6) is 0 Å². The van der Waals surface area contributed by atoms with E-state index >= 15 is 0 Å². The van der Waals surface area contributed by atoms with E-state index in [1.165, 1.54) is 12.1 Å². The molecule has 3 aromatic rings. The predicted molar refractivity (Wildman–Crippen MR) is 85.0 cm³/mol. The first-order chi connectivity index (χ1) is 11.2. The molecule has 2 aromatic carbocycles. The Balaban J connectivity index is 1.78. The molecule has 0 fully saturated rings. The summed E-state index contributed by atoms with van der Waals surface area (Å²) in [5, 5.41) is 19.2. The monoisotopic (exact) mass is 307 g/mol. The number of anilines is 1. The van der Waals surface area contributed by atoms with E-state index in [-0.39, 0.29) is 5.56 Å². The highest BCUT2D eigenvalue weighted by Gasteiger charge is 2.06. The molecule has 0 aliphatic carbocycles. The largest absolute Gasteiger partial charge is 0.380 e. The number of aromatic amines is 1. The Morgan fingerprint density at radius 1 is 1.26 bits per heavy atom. The maximum atomic E-state index is 13.1. The predicted octanol–water partition coefficient (Wildman–Crippen LogP) is 3.40. The van der Waals surface area contributed by atoms with Gasteiger partial charge in [-0.25, -0.2) is 9.37 Å². The highest BCUT2D eigenvalue weighted by Crippen LogP contribution is 2.19. The molecule has 5 nitrogen and oxygen atoms in total. The van der Waals surface area contributed by atoms with Gasteiger partial charge in [-0.05, 0) is 36.8 Å². The minimum absolute atomic E-state index is 0.283.